The summed E-state index contributed by atoms with van der Waals surface area (Å²) in [5.74, 6) is -0.153. The molecule has 0 aliphatic carbocycles. The lowest BCUT2D eigenvalue weighted by Crippen LogP contribution is -2.12. The Labute approximate surface area is 139 Å². The number of amides is 1. The number of anilines is 1. The molecule has 0 aliphatic heterocycles. The van der Waals surface area contributed by atoms with Crippen LogP contribution in [0, 0.1) is 0 Å². The van der Waals surface area contributed by atoms with Crippen LogP contribution in [0.5, 0.6) is 0 Å². The fraction of sp³-hybridized carbons (Fsp3) is 0.100. The van der Waals surface area contributed by atoms with Crippen LogP contribution in [0.4, 0.5) is 5.69 Å². The lowest BCUT2D eigenvalue weighted by molar-refractivity contribution is 0.102. The minimum Gasteiger partial charge on any atom is -0.349 e. The van der Waals surface area contributed by atoms with Gasteiger partial charge < -0.3 is 10.3 Å². The monoisotopic (exact) mass is 315 g/mol. The maximum Gasteiger partial charge on any atom is 0.272 e. The molecule has 4 heteroatoms. The highest BCUT2D eigenvalue weighted by Gasteiger charge is 2.12. The number of benzene rings is 2. The predicted molar refractivity (Wildman–Crippen MR) is 97.4 cm³/mol. The van der Waals surface area contributed by atoms with E-state index in [2.05, 4.69) is 22.2 Å². The van der Waals surface area contributed by atoms with Gasteiger partial charge in [0.15, 0.2) is 0 Å². The van der Waals surface area contributed by atoms with E-state index in [0.717, 1.165) is 33.9 Å². The van der Waals surface area contributed by atoms with Gasteiger partial charge in [-0.2, -0.15) is 0 Å². The average Bonchev–Trinajstić information content (AvgIpc) is 3.07. The summed E-state index contributed by atoms with van der Waals surface area (Å²) < 4.78 is 0. The zero-order valence-electron chi connectivity index (χ0n) is 13.3. The highest BCUT2D eigenvalue weighted by Crippen LogP contribution is 2.24. The van der Waals surface area contributed by atoms with Crippen molar-refractivity contribution in [1.29, 1.82) is 0 Å². The minimum absolute atomic E-state index is 0.153. The second-order valence-electron chi connectivity index (χ2n) is 5.79. The van der Waals surface area contributed by atoms with Crippen molar-refractivity contribution >= 4 is 33.4 Å². The van der Waals surface area contributed by atoms with Crippen molar-refractivity contribution in [3.05, 3.63) is 72.1 Å². The number of aromatic amines is 1. The fourth-order valence-electron chi connectivity index (χ4n) is 2.88. The molecule has 2 aromatic heterocycles. The maximum atomic E-state index is 12.5. The summed E-state index contributed by atoms with van der Waals surface area (Å²) in [5.41, 5.74) is 4.33. The highest BCUT2D eigenvalue weighted by atomic mass is 16.1. The molecule has 0 aliphatic rings. The molecule has 0 saturated heterocycles. The number of pyridine rings is 1. The van der Waals surface area contributed by atoms with Crippen LogP contribution < -0.4 is 5.32 Å². The Kier molecular flexibility index (Phi) is 3.50. The van der Waals surface area contributed by atoms with E-state index in [0.29, 0.717) is 5.69 Å². The molecule has 0 fully saturated rings. The van der Waals surface area contributed by atoms with Crippen molar-refractivity contribution < 1.29 is 4.79 Å². The first-order valence-electron chi connectivity index (χ1n) is 8.01. The van der Waals surface area contributed by atoms with Gasteiger partial charge in [-0.25, -0.2) is 0 Å². The van der Waals surface area contributed by atoms with Crippen LogP contribution in [-0.2, 0) is 6.42 Å². The third kappa shape index (κ3) is 2.52. The second kappa shape index (κ2) is 5.81. The molecule has 24 heavy (non-hydrogen) atoms. The third-order valence-electron chi connectivity index (χ3n) is 4.23. The van der Waals surface area contributed by atoms with Crippen LogP contribution in [0.2, 0.25) is 0 Å². The van der Waals surface area contributed by atoms with E-state index >= 15 is 0 Å². The molecule has 0 radical (unpaired) electrons. The molecule has 0 saturated carbocycles. The van der Waals surface area contributed by atoms with Gasteiger partial charge in [0.05, 0.1) is 11.0 Å². The van der Waals surface area contributed by atoms with Crippen LogP contribution in [-0.4, -0.2) is 15.9 Å². The molecule has 1 amide bonds. The van der Waals surface area contributed by atoms with Gasteiger partial charge >= 0.3 is 0 Å². The molecule has 2 heterocycles. The van der Waals surface area contributed by atoms with Gasteiger partial charge in [0, 0.05) is 22.7 Å². The van der Waals surface area contributed by atoms with E-state index in [1.165, 1.54) is 5.56 Å². The van der Waals surface area contributed by atoms with Gasteiger partial charge in [-0.15, -0.1) is 0 Å². The topological polar surface area (TPSA) is 57.8 Å². The Balaban J connectivity index is 1.67. The lowest BCUT2D eigenvalue weighted by atomic mass is 10.1. The molecule has 0 bridgehead atoms. The van der Waals surface area contributed by atoms with Gasteiger partial charge in [-0.3, -0.25) is 9.78 Å². The Morgan fingerprint density at radius 1 is 1.08 bits per heavy atom. The van der Waals surface area contributed by atoms with Crippen LogP contribution in [0.3, 0.4) is 0 Å². The van der Waals surface area contributed by atoms with E-state index in [4.69, 9.17) is 0 Å². The summed E-state index contributed by atoms with van der Waals surface area (Å²) in [6, 6.07) is 17.7. The van der Waals surface area contributed by atoms with E-state index in [-0.39, 0.29) is 5.91 Å². The number of aryl methyl sites for hydroxylation is 1. The van der Waals surface area contributed by atoms with Crippen molar-refractivity contribution in [2.45, 2.75) is 13.3 Å². The summed E-state index contributed by atoms with van der Waals surface area (Å²) >= 11 is 0. The summed E-state index contributed by atoms with van der Waals surface area (Å²) in [7, 11) is 0. The van der Waals surface area contributed by atoms with Crippen molar-refractivity contribution in [1.82, 2.24) is 9.97 Å². The first-order chi connectivity index (χ1) is 11.7. The number of aromatic nitrogens is 2. The Morgan fingerprint density at radius 2 is 1.88 bits per heavy atom. The largest absolute Gasteiger partial charge is 0.349 e. The molecular formula is C20H17N3O. The van der Waals surface area contributed by atoms with E-state index in [1.807, 2.05) is 54.6 Å². The number of nitrogens with zero attached hydrogens (tertiary/aromatic N) is 1. The number of nitrogens with one attached hydrogen (secondary N) is 2. The van der Waals surface area contributed by atoms with Gasteiger partial charge in [0.25, 0.3) is 5.91 Å². The molecule has 0 unspecified atom stereocenters. The van der Waals surface area contributed by atoms with E-state index in [9.17, 15) is 4.79 Å². The number of rotatable bonds is 3. The number of hydrogen-bond acceptors (Lipinski definition) is 2. The molecule has 118 valence electrons. The average molecular weight is 315 g/mol. The Hall–Kier alpha value is -3.14. The number of fused-ring (bicyclic) bond motifs is 3. The third-order valence-corrected chi connectivity index (χ3v) is 4.23. The standard InChI is InChI=1S/C20H17N3O/c1-2-13-5-9-16(10-6-13)22-20(24)17-12-15-8-7-14-4-3-11-21-18(14)19(15)23-17/h3-12,23H,2H2,1H3,(H,22,24). The molecule has 4 nitrogen and oxygen atoms in total. The molecule has 4 rings (SSSR count). The molecule has 4 aromatic rings. The van der Waals surface area contributed by atoms with Gasteiger partial charge in [0.1, 0.15) is 5.69 Å². The second-order valence-corrected chi connectivity index (χ2v) is 5.79. The van der Waals surface area contributed by atoms with Crippen molar-refractivity contribution in [3.8, 4) is 0 Å². The highest BCUT2D eigenvalue weighted by molar-refractivity contribution is 6.10. The molecule has 0 atom stereocenters. The molecule has 0 spiro atoms. The number of carbonyl (C=O) groups excluding carboxylic acids is 1. The van der Waals surface area contributed by atoms with Crippen LogP contribution >= 0.6 is 0 Å². The minimum atomic E-state index is -0.153. The Morgan fingerprint density at radius 3 is 2.67 bits per heavy atom. The number of carbonyl (C=O) groups is 1. The van der Waals surface area contributed by atoms with Gasteiger partial charge in [-0.05, 0) is 36.2 Å². The van der Waals surface area contributed by atoms with Gasteiger partial charge in [0.2, 0.25) is 0 Å². The summed E-state index contributed by atoms with van der Waals surface area (Å²) in [5, 5.41) is 4.96. The van der Waals surface area contributed by atoms with Crippen molar-refractivity contribution in [2.24, 2.45) is 0 Å². The first kappa shape index (κ1) is 14.5. The maximum absolute atomic E-state index is 12.5. The Bertz CT molecular complexity index is 1030. The first-order valence-corrected chi connectivity index (χ1v) is 8.01. The molecule has 2 aromatic carbocycles. The van der Waals surface area contributed by atoms with Crippen LogP contribution in [0.1, 0.15) is 23.0 Å². The van der Waals surface area contributed by atoms with Crippen molar-refractivity contribution in [3.63, 3.8) is 0 Å². The zero-order chi connectivity index (χ0) is 16.5. The number of H-pyrrole nitrogens is 1. The van der Waals surface area contributed by atoms with Gasteiger partial charge in [-0.1, -0.05) is 37.3 Å². The molecule has 2 N–H and O–H groups in total. The van der Waals surface area contributed by atoms with E-state index < -0.39 is 0 Å². The predicted octanol–water partition coefficient (Wildman–Crippen LogP) is 4.53. The number of hydrogen-bond donors (Lipinski definition) is 2. The normalized spacial score (nSPS) is 11.0. The summed E-state index contributed by atoms with van der Waals surface area (Å²) in [6.45, 7) is 2.11. The summed E-state index contributed by atoms with van der Waals surface area (Å²) in [6.07, 6.45) is 2.74. The zero-order valence-corrected chi connectivity index (χ0v) is 13.3. The van der Waals surface area contributed by atoms with E-state index in [1.54, 1.807) is 6.20 Å². The summed E-state index contributed by atoms with van der Waals surface area (Å²) in [4.78, 5) is 20.1. The smallest absolute Gasteiger partial charge is 0.272 e. The quantitative estimate of drug-likeness (QED) is 0.583. The molecular weight excluding hydrogens is 298 g/mol. The SMILES string of the molecule is CCc1ccc(NC(=O)c2cc3ccc4cccnc4c3[nH]2)cc1. The fourth-order valence-corrected chi connectivity index (χ4v) is 2.88. The lowest BCUT2D eigenvalue weighted by Gasteiger charge is -2.04. The van der Waals surface area contributed by atoms with Crippen molar-refractivity contribution in [2.75, 3.05) is 5.32 Å². The van der Waals surface area contributed by atoms with Crippen LogP contribution in [0.15, 0.2) is 60.8 Å². The van der Waals surface area contributed by atoms with Crippen LogP contribution in [0.25, 0.3) is 21.8 Å².